The van der Waals surface area contributed by atoms with E-state index in [0.717, 1.165) is 5.56 Å². The van der Waals surface area contributed by atoms with Gasteiger partial charge in [-0.3, -0.25) is 0 Å². The quantitative estimate of drug-likeness (QED) is 0.788. The zero-order valence-electron chi connectivity index (χ0n) is 9.91. The van der Waals surface area contributed by atoms with Crippen molar-refractivity contribution in [3.8, 4) is 0 Å². The summed E-state index contributed by atoms with van der Waals surface area (Å²) in [5, 5.41) is 3.28. The fraction of sp³-hybridized carbons (Fsp3) is 0.636. The van der Waals surface area contributed by atoms with Gasteiger partial charge in [0.25, 0.3) is 0 Å². The van der Waals surface area contributed by atoms with Crippen molar-refractivity contribution in [3.05, 3.63) is 18.0 Å². The Morgan fingerprint density at radius 3 is 2.33 bits per heavy atom. The van der Waals surface area contributed by atoms with Crippen molar-refractivity contribution in [2.75, 3.05) is 11.9 Å². The summed E-state index contributed by atoms with van der Waals surface area (Å²) in [4.78, 5) is 8.43. The molecule has 0 amide bonds. The number of nitrogens with two attached hydrogens (primary N) is 1. The molecule has 0 aliphatic heterocycles. The Balaban J connectivity index is 2.79. The fourth-order valence-corrected chi connectivity index (χ4v) is 1.14. The fourth-order valence-electron chi connectivity index (χ4n) is 1.14. The number of nitrogens with zero attached hydrogens (tertiary/aromatic N) is 2. The highest BCUT2D eigenvalue weighted by Crippen LogP contribution is 2.19. The Morgan fingerprint density at radius 2 is 1.93 bits per heavy atom. The first-order chi connectivity index (χ1) is 6.98. The van der Waals surface area contributed by atoms with Gasteiger partial charge in [-0.2, -0.15) is 0 Å². The Kier molecular flexibility index (Phi) is 3.63. The predicted molar refractivity (Wildman–Crippen MR) is 62.7 cm³/mol. The van der Waals surface area contributed by atoms with Crippen molar-refractivity contribution in [3.63, 3.8) is 0 Å². The number of hydrogen-bond acceptors (Lipinski definition) is 4. The lowest BCUT2D eigenvalue weighted by Crippen LogP contribution is -2.47. The minimum atomic E-state index is -0.157. The monoisotopic (exact) mass is 208 g/mol. The third-order valence-electron chi connectivity index (χ3n) is 2.88. The molecule has 1 heterocycles. The molecule has 15 heavy (non-hydrogen) atoms. The molecule has 0 aliphatic rings. The molecule has 0 spiro atoms. The Bertz CT molecular complexity index is 307. The molecule has 0 radical (unpaired) electrons. The van der Waals surface area contributed by atoms with Crippen molar-refractivity contribution in [2.24, 2.45) is 11.7 Å². The van der Waals surface area contributed by atoms with Crippen molar-refractivity contribution in [1.82, 2.24) is 9.97 Å². The minimum Gasteiger partial charge on any atom is -0.348 e. The van der Waals surface area contributed by atoms with Crippen LogP contribution >= 0.6 is 0 Å². The number of aromatic nitrogens is 2. The predicted octanol–water partition coefficient (Wildman–Crippen LogP) is 1.57. The zero-order chi connectivity index (χ0) is 11.5. The highest BCUT2D eigenvalue weighted by molar-refractivity contribution is 5.29. The van der Waals surface area contributed by atoms with E-state index in [4.69, 9.17) is 5.73 Å². The third-order valence-corrected chi connectivity index (χ3v) is 2.88. The van der Waals surface area contributed by atoms with E-state index in [-0.39, 0.29) is 5.54 Å². The second-order valence-electron chi connectivity index (χ2n) is 4.49. The summed E-state index contributed by atoms with van der Waals surface area (Å²) in [6.45, 7) is 8.87. The molecule has 1 aromatic heterocycles. The Morgan fingerprint density at radius 1 is 1.40 bits per heavy atom. The van der Waals surface area contributed by atoms with Crippen LogP contribution in [0.15, 0.2) is 12.4 Å². The molecule has 4 nitrogen and oxygen atoms in total. The molecule has 0 bridgehead atoms. The van der Waals surface area contributed by atoms with Crippen LogP contribution in [0.25, 0.3) is 0 Å². The highest BCUT2D eigenvalue weighted by Gasteiger charge is 2.27. The van der Waals surface area contributed by atoms with Crippen LogP contribution in [0.3, 0.4) is 0 Å². The maximum absolute atomic E-state index is 5.77. The second-order valence-corrected chi connectivity index (χ2v) is 4.49. The molecule has 1 unspecified atom stereocenters. The lowest BCUT2D eigenvalue weighted by molar-refractivity contribution is 0.380. The number of rotatable bonds is 4. The molecule has 1 aromatic rings. The van der Waals surface area contributed by atoms with E-state index in [2.05, 4.69) is 36.1 Å². The smallest absolute Gasteiger partial charge is 0.223 e. The molecule has 0 saturated carbocycles. The topological polar surface area (TPSA) is 63.8 Å². The first-order valence-corrected chi connectivity index (χ1v) is 5.25. The van der Waals surface area contributed by atoms with Gasteiger partial charge < -0.3 is 11.1 Å². The van der Waals surface area contributed by atoms with E-state index >= 15 is 0 Å². The SMILES string of the molecule is Cc1cnc(NC(C)(CN)C(C)C)nc1. The van der Waals surface area contributed by atoms with Gasteiger partial charge in [-0.25, -0.2) is 9.97 Å². The van der Waals surface area contributed by atoms with Crippen molar-refractivity contribution >= 4 is 5.95 Å². The first kappa shape index (κ1) is 11.9. The molecule has 0 aliphatic carbocycles. The lowest BCUT2D eigenvalue weighted by atomic mass is 9.89. The standard InChI is InChI=1S/C11H20N4/c1-8(2)11(4,7-12)15-10-13-5-9(3)6-14-10/h5-6,8H,7,12H2,1-4H3,(H,13,14,15). The van der Waals surface area contributed by atoms with Crippen LogP contribution in [0.2, 0.25) is 0 Å². The van der Waals surface area contributed by atoms with Crippen LogP contribution in [0.4, 0.5) is 5.95 Å². The van der Waals surface area contributed by atoms with E-state index in [9.17, 15) is 0 Å². The Labute approximate surface area is 91.3 Å². The first-order valence-electron chi connectivity index (χ1n) is 5.25. The average molecular weight is 208 g/mol. The number of anilines is 1. The van der Waals surface area contributed by atoms with Gasteiger partial charge in [0, 0.05) is 18.9 Å². The van der Waals surface area contributed by atoms with Gasteiger partial charge >= 0.3 is 0 Å². The molecule has 3 N–H and O–H groups in total. The zero-order valence-corrected chi connectivity index (χ0v) is 9.91. The van der Waals surface area contributed by atoms with Gasteiger partial charge in [-0.1, -0.05) is 13.8 Å². The number of aryl methyl sites for hydroxylation is 1. The van der Waals surface area contributed by atoms with Gasteiger partial charge in [-0.15, -0.1) is 0 Å². The minimum absolute atomic E-state index is 0.157. The molecule has 0 fully saturated rings. The summed E-state index contributed by atoms with van der Waals surface area (Å²) in [6, 6.07) is 0. The van der Waals surface area contributed by atoms with Crippen LogP contribution in [-0.4, -0.2) is 22.1 Å². The van der Waals surface area contributed by atoms with E-state index in [1.54, 1.807) is 12.4 Å². The maximum Gasteiger partial charge on any atom is 0.223 e. The van der Waals surface area contributed by atoms with E-state index in [0.29, 0.717) is 18.4 Å². The summed E-state index contributed by atoms with van der Waals surface area (Å²) < 4.78 is 0. The number of hydrogen-bond donors (Lipinski definition) is 2. The number of nitrogens with one attached hydrogen (secondary N) is 1. The van der Waals surface area contributed by atoms with Gasteiger partial charge in [0.15, 0.2) is 0 Å². The van der Waals surface area contributed by atoms with Crippen molar-refractivity contribution in [2.45, 2.75) is 33.2 Å². The van der Waals surface area contributed by atoms with Gasteiger partial charge in [0.05, 0.1) is 5.54 Å². The Hall–Kier alpha value is -1.16. The van der Waals surface area contributed by atoms with Crippen LogP contribution in [-0.2, 0) is 0 Å². The normalized spacial score (nSPS) is 15.1. The van der Waals surface area contributed by atoms with Crippen LogP contribution in [0.5, 0.6) is 0 Å². The average Bonchev–Trinajstić information content (AvgIpc) is 2.21. The van der Waals surface area contributed by atoms with Crippen molar-refractivity contribution < 1.29 is 0 Å². The second kappa shape index (κ2) is 4.57. The summed E-state index contributed by atoms with van der Waals surface area (Å²) in [5.41, 5.74) is 6.67. The van der Waals surface area contributed by atoms with Crippen molar-refractivity contribution in [1.29, 1.82) is 0 Å². The van der Waals surface area contributed by atoms with Crippen LogP contribution in [0, 0.1) is 12.8 Å². The van der Waals surface area contributed by atoms with E-state index in [1.807, 2.05) is 6.92 Å². The largest absolute Gasteiger partial charge is 0.348 e. The molecular weight excluding hydrogens is 188 g/mol. The molecule has 4 heteroatoms. The van der Waals surface area contributed by atoms with Gasteiger partial charge in [0.1, 0.15) is 0 Å². The lowest BCUT2D eigenvalue weighted by Gasteiger charge is -2.33. The molecular formula is C11H20N4. The maximum atomic E-state index is 5.77. The summed E-state index contributed by atoms with van der Waals surface area (Å²) >= 11 is 0. The molecule has 1 atom stereocenters. The summed E-state index contributed by atoms with van der Waals surface area (Å²) in [6.07, 6.45) is 3.60. The molecule has 0 saturated heterocycles. The highest BCUT2D eigenvalue weighted by atomic mass is 15.1. The van der Waals surface area contributed by atoms with Gasteiger partial charge in [-0.05, 0) is 25.3 Å². The molecule has 1 rings (SSSR count). The third kappa shape index (κ3) is 2.89. The van der Waals surface area contributed by atoms with E-state index < -0.39 is 0 Å². The summed E-state index contributed by atoms with van der Waals surface area (Å²) in [5.74, 6) is 1.06. The molecule has 84 valence electrons. The summed E-state index contributed by atoms with van der Waals surface area (Å²) in [7, 11) is 0. The van der Waals surface area contributed by atoms with Gasteiger partial charge in [0.2, 0.25) is 5.95 Å². The van der Waals surface area contributed by atoms with Crippen LogP contribution in [0.1, 0.15) is 26.3 Å². The molecule has 0 aromatic carbocycles. The van der Waals surface area contributed by atoms with Crippen LogP contribution < -0.4 is 11.1 Å². The van der Waals surface area contributed by atoms with E-state index in [1.165, 1.54) is 0 Å².